The third kappa shape index (κ3) is 3.55. The van der Waals surface area contributed by atoms with Gasteiger partial charge in [0.2, 0.25) is 0 Å². The zero-order valence-corrected chi connectivity index (χ0v) is 13.2. The predicted molar refractivity (Wildman–Crippen MR) is 82.2 cm³/mol. The fourth-order valence-corrected chi connectivity index (χ4v) is 2.52. The van der Waals surface area contributed by atoms with E-state index < -0.39 is 4.92 Å². The Balaban J connectivity index is 2.15. The predicted octanol–water partition coefficient (Wildman–Crippen LogP) is 4.87. The van der Waals surface area contributed by atoms with E-state index in [4.69, 9.17) is 0 Å². The van der Waals surface area contributed by atoms with Gasteiger partial charge in [0.05, 0.1) is 9.40 Å². The third-order valence-electron chi connectivity index (χ3n) is 2.62. The molecule has 0 aromatic heterocycles. The Morgan fingerprint density at radius 2 is 1.90 bits per heavy atom. The number of nitrogens with one attached hydrogen (secondary N) is 1. The van der Waals surface area contributed by atoms with E-state index in [0.717, 1.165) is 11.3 Å². The van der Waals surface area contributed by atoms with E-state index in [-0.39, 0.29) is 11.5 Å². The minimum Gasteiger partial charge on any atom is -0.380 e. The minimum atomic E-state index is -0.443. The highest BCUT2D eigenvalue weighted by Crippen LogP contribution is 2.27. The molecule has 0 aliphatic rings. The monoisotopic (exact) mass is 402 g/mol. The van der Waals surface area contributed by atoms with Crippen molar-refractivity contribution in [3.05, 3.63) is 66.8 Å². The summed E-state index contributed by atoms with van der Waals surface area (Å²) in [5.41, 5.74) is 1.50. The van der Waals surface area contributed by atoms with E-state index in [1.807, 2.05) is 0 Å². The number of hydrogen-bond donors (Lipinski definition) is 1. The molecular weight excluding hydrogens is 395 g/mol. The van der Waals surface area contributed by atoms with Crippen molar-refractivity contribution in [2.24, 2.45) is 0 Å². The van der Waals surface area contributed by atoms with Crippen LogP contribution < -0.4 is 5.32 Å². The first-order chi connectivity index (χ1) is 9.47. The van der Waals surface area contributed by atoms with Crippen LogP contribution in [0.5, 0.6) is 0 Å². The standard InChI is InChI=1S/C13H9Br2FN2O2/c14-10-3-1-8(5-13(10)18(19)20)7-17-12-4-2-9(16)6-11(12)15/h1-6,17H,7H2. The van der Waals surface area contributed by atoms with Gasteiger partial charge in [-0.25, -0.2) is 4.39 Å². The van der Waals surface area contributed by atoms with Crippen LogP contribution in [0.1, 0.15) is 5.56 Å². The van der Waals surface area contributed by atoms with E-state index in [2.05, 4.69) is 37.2 Å². The SMILES string of the molecule is O=[N+]([O-])c1cc(CNc2ccc(F)cc2Br)ccc1Br. The van der Waals surface area contributed by atoms with Crippen molar-refractivity contribution in [3.8, 4) is 0 Å². The molecule has 0 bridgehead atoms. The Morgan fingerprint density at radius 1 is 1.15 bits per heavy atom. The lowest BCUT2D eigenvalue weighted by Gasteiger charge is -2.09. The summed E-state index contributed by atoms with van der Waals surface area (Å²) in [6.07, 6.45) is 0. The first kappa shape index (κ1) is 14.9. The van der Waals surface area contributed by atoms with Gasteiger partial charge in [-0.3, -0.25) is 10.1 Å². The molecule has 1 N–H and O–H groups in total. The maximum Gasteiger partial charge on any atom is 0.283 e. The first-order valence-electron chi connectivity index (χ1n) is 5.59. The average molecular weight is 404 g/mol. The number of hydrogen-bond acceptors (Lipinski definition) is 3. The third-order valence-corrected chi connectivity index (χ3v) is 3.95. The molecule has 104 valence electrons. The van der Waals surface area contributed by atoms with Gasteiger partial charge < -0.3 is 5.32 Å². The van der Waals surface area contributed by atoms with Crippen LogP contribution in [0.3, 0.4) is 0 Å². The summed E-state index contributed by atoms with van der Waals surface area (Å²) in [5.74, 6) is -0.332. The summed E-state index contributed by atoms with van der Waals surface area (Å²) in [7, 11) is 0. The smallest absolute Gasteiger partial charge is 0.283 e. The second-order valence-electron chi connectivity index (χ2n) is 4.02. The van der Waals surface area contributed by atoms with Gasteiger partial charge in [-0.15, -0.1) is 0 Å². The number of halogens is 3. The highest BCUT2D eigenvalue weighted by molar-refractivity contribution is 9.11. The van der Waals surface area contributed by atoms with Crippen molar-refractivity contribution in [2.75, 3.05) is 5.32 Å². The van der Waals surface area contributed by atoms with Gasteiger partial charge in [0.1, 0.15) is 5.82 Å². The number of nitrogens with zero attached hydrogens (tertiary/aromatic N) is 1. The number of nitro benzene ring substituents is 1. The Kier molecular flexibility index (Phi) is 4.72. The van der Waals surface area contributed by atoms with Gasteiger partial charge in [0, 0.05) is 22.8 Å². The molecule has 2 aromatic carbocycles. The fraction of sp³-hybridized carbons (Fsp3) is 0.0769. The van der Waals surface area contributed by atoms with E-state index in [0.29, 0.717) is 15.5 Å². The molecule has 0 spiro atoms. The second kappa shape index (κ2) is 6.32. The summed E-state index contributed by atoms with van der Waals surface area (Å²) in [5, 5.41) is 13.9. The van der Waals surface area contributed by atoms with Crippen LogP contribution in [0.2, 0.25) is 0 Å². The van der Waals surface area contributed by atoms with Gasteiger partial charge in [0.25, 0.3) is 5.69 Å². The molecule has 0 radical (unpaired) electrons. The molecule has 0 heterocycles. The Labute approximate surface area is 131 Å². The van der Waals surface area contributed by atoms with E-state index in [1.165, 1.54) is 18.2 Å². The molecule has 0 unspecified atom stereocenters. The van der Waals surface area contributed by atoms with Crippen LogP contribution in [0.15, 0.2) is 45.3 Å². The van der Waals surface area contributed by atoms with Gasteiger partial charge in [-0.2, -0.15) is 0 Å². The lowest BCUT2D eigenvalue weighted by atomic mass is 10.2. The van der Waals surface area contributed by atoms with Gasteiger partial charge in [-0.1, -0.05) is 6.07 Å². The van der Waals surface area contributed by atoms with Crippen molar-refractivity contribution < 1.29 is 9.31 Å². The van der Waals surface area contributed by atoms with E-state index in [1.54, 1.807) is 18.2 Å². The number of nitro groups is 1. The average Bonchev–Trinajstić information content (AvgIpc) is 2.39. The Morgan fingerprint density at radius 3 is 2.55 bits per heavy atom. The van der Waals surface area contributed by atoms with Crippen LogP contribution >= 0.6 is 31.9 Å². The summed E-state index contributed by atoms with van der Waals surface area (Å²) < 4.78 is 14.0. The molecule has 0 saturated heterocycles. The van der Waals surface area contributed by atoms with Gasteiger partial charge in [-0.05, 0) is 61.7 Å². The topological polar surface area (TPSA) is 55.2 Å². The zero-order valence-electron chi connectivity index (χ0n) is 10.1. The Bertz CT molecular complexity index is 665. The molecule has 0 amide bonds. The number of rotatable bonds is 4. The first-order valence-corrected chi connectivity index (χ1v) is 7.17. The van der Waals surface area contributed by atoms with Crippen molar-refractivity contribution in [3.63, 3.8) is 0 Å². The van der Waals surface area contributed by atoms with Crippen molar-refractivity contribution in [1.82, 2.24) is 0 Å². The molecule has 2 aromatic rings. The molecular formula is C13H9Br2FN2O2. The van der Waals surface area contributed by atoms with Crippen molar-refractivity contribution >= 4 is 43.2 Å². The van der Waals surface area contributed by atoms with Crippen molar-refractivity contribution in [1.29, 1.82) is 0 Å². The van der Waals surface area contributed by atoms with E-state index in [9.17, 15) is 14.5 Å². The summed E-state index contributed by atoms with van der Waals surface area (Å²) >= 11 is 6.39. The maximum atomic E-state index is 13.0. The molecule has 0 aliphatic heterocycles. The van der Waals surface area contributed by atoms with Crippen LogP contribution in [0, 0.1) is 15.9 Å². The second-order valence-corrected chi connectivity index (χ2v) is 5.73. The number of anilines is 1. The largest absolute Gasteiger partial charge is 0.380 e. The quantitative estimate of drug-likeness (QED) is 0.585. The summed E-state index contributed by atoms with van der Waals surface area (Å²) in [6.45, 7) is 0.401. The minimum absolute atomic E-state index is 0.0162. The zero-order chi connectivity index (χ0) is 14.7. The van der Waals surface area contributed by atoms with Gasteiger partial charge >= 0.3 is 0 Å². The lowest BCUT2D eigenvalue weighted by molar-refractivity contribution is -0.385. The van der Waals surface area contributed by atoms with Crippen LogP contribution in [0.25, 0.3) is 0 Å². The normalized spacial score (nSPS) is 10.3. The fourth-order valence-electron chi connectivity index (χ4n) is 1.64. The maximum absolute atomic E-state index is 13.0. The molecule has 0 saturated carbocycles. The highest BCUT2D eigenvalue weighted by Gasteiger charge is 2.12. The van der Waals surface area contributed by atoms with Crippen LogP contribution in [-0.4, -0.2) is 4.92 Å². The van der Waals surface area contributed by atoms with E-state index >= 15 is 0 Å². The molecule has 0 aliphatic carbocycles. The number of benzene rings is 2. The molecule has 2 rings (SSSR count). The molecule has 0 fully saturated rings. The molecule has 20 heavy (non-hydrogen) atoms. The highest BCUT2D eigenvalue weighted by atomic mass is 79.9. The van der Waals surface area contributed by atoms with Crippen LogP contribution in [0.4, 0.5) is 15.8 Å². The molecule has 0 atom stereocenters. The molecule has 7 heteroatoms. The van der Waals surface area contributed by atoms with Crippen LogP contribution in [-0.2, 0) is 6.54 Å². The summed E-state index contributed by atoms with van der Waals surface area (Å²) in [4.78, 5) is 10.4. The van der Waals surface area contributed by atoms with Crippen molar-refractivity contribution in [2.45, 2.75) is 6.54 Å². The van der Waals surface area contributed by atoms with Gasteiger partial charge in [0.15, 0.2) is 0 Å². The Hall–Kier alpha value is -1.47. The summed E-state index contributed by atoms with van der Waals surface area (Å²) in [6, 6.07) is 9.21. The molecule has 4 nitrogen and oxygen atoms in total. The lowest BCUT2D eigenvalue weighted by Crippen LogP contribution is -2.01.